The van der Waals surface area contributed by atoms with E-state index in [-0.39, 0.29) is 12.0 Å². The Balaban J connectivity index is 1.86. The molecule has 0 aromatic heterocycles. The minimum atomic E-state index is -0.306. The second-order valence-corrected chi connectivity index (χ2v) is 4.68. The Morgan fingerprint density at radius 2 is 2.00 bits per heavy atom. The van der Waals surface area contributed by atoms with Gasteiger partial charge in [-0.15, -0.1) is 0 Å². The lowest BCUT2D eigenvalue weighted by Gasteiger charge is -2.15. The van der Waals surface area contributed by atoms with Crippen molar-refractivity contribution in [1.29, 1.82) is 0 Å². The van der Waals surface area contributed by atoms with Crippen molar-refractivity contribution in [2.24, 2.45) is 0 Å². The zero-order valence-electron chi connectivity index (χ0n) is 10.7. The van der Waals surface area contributed by atoms with Crippen molar-refractivity contribution in [3.8, 4) is 0 Å². The molecule has 1 atom stereocenters. The van der Waals surface area contributed by atoms with Gasteiger partial charge in [0.1, 0.15) is 0 Å². The Hall–Kier alpha value is -2.29. The zero-order chi connectivity index (χ0) is 13.2. The molecule has 96 valence electrons. The van der Waals surface area contributed by atoms with Crippen LogP contribution < -0.4 is 0 Å². The van der Waals surface area contributed by atoms with Crippen LogP contribution in [0.15, 0.2) is 54.7 Å². The summed E-state index contributed by atoms with van der Waals surface area (Å²) in [5.41, 5.74) is 1.22. The highest BCUT2D eigenvalue weighted by Gasteiger charge is 2.22. The van der Waals surface area contributed by atoms with Crippen LogP contribution >= 0.6 is 0 Å². The van der Waals surface area contributed by atoms with Gasteiger partial charge in [-0.05, 0) is 16.3 Å². The minimum absolute atomic E-state index is 0.240. The van der Waals surface area contributed by atoms with Gasteiger partial charge in [0.05, 0.1) is 7.11 Å². The van der Waals surface area contributed by atoms with Gasteiger partial charge in [0.2, 0.25) is 0 Å². The van der Waals surface area contributed by atoms with Crippen LogP contribution in [0.4, 0.5) is 4.79 Å². The van der Waals surface area contributed by atoms with E-state index in [1.807, 2.05) is 18.2 Å². The van der Waals surface area contributed by atoms with Gasteiger partial charge in [-0.3, -0.25) is 4.90 Å². The molecule has 0 saturated carbocycles. The maximum atomic E-state index is 11.5. The molecule has 3 heteroatoms. The number of hydrogen-bond acceptors (Lipinski definition) is 2. The number of ether oxygens (including phenoxy) is 1. The molecule has 1 aliphatic rings. The van der Waals surface area contributed by atoms with E-state index in [4.69, 9.17) is 4.74 Å². The van der Waals surface area contributed by atoms with E-state index in [1.165, 1.54) is 23.4 Å². The Labute approximate surface area is 112 Å². The van der Waals surface area contributed by atoms with E-state index >= 15 is 0 Å². The molecule has 1 unspecified atom stereocenters. The maximum Gasteiger partial charge on any atom is 0.413 e. The number of carbonyl (C=O) groups excluding carboxylic acids is 1. The number of fused-ring (bicyclic) bond motifs is 1. The van der Waals surface area contributed by atoms with E-state index < -0.39 is 0 Å². The Morgan fingerprint density at radius 3 is 2.79 bits per heavy atom. The molecule has 2 aromatic carbocycles. The van der Waals surface area contributed by atoms with Gasteiger partial charge in [-0.2, -0.15) is 0 Å². The average molecular weight is 253 g/mol. The van der Waals surface area contributed by atoms with Crippen LogP contribution in [-0.2, 0) is 4.74 Å². The average Bonchev–Trinajstić information content (AvgIpc) is 2.95. The summed E-state index contributed by atoms with van der Waals surface area (Å²) in [5.74, 6) is 0.240. The normalized spacial score (nSPS) is 17.9. The van der Waals surface area contributed by atoms with Crippen molar-refractivity contribution in [2.75, 3.05) is 13.7 Å². The van der Waals surface area contributed by atoms with Crippen LogP contribution in [0.25, 0.3) is 10.8 Å². The summed E-state index contributed by atoms with van der Waals surface area (Å²) in [6.45, 7) is 0.644. The second kappa shape index (κ2) is 4.76. The van der Waals surface area contributed by atoms with Crippen molar-refractivity contribution < 1.29 is 9.53 Å². The van der Waals surface area contributed by atoms with Gasteiger partial charge in [0.15, 0.2) is 0 Å². The molecule has 0 fully saturated rings. The van der Waals surface area contributed by atoms with Gasteiger partial charge in [-0.25, -0.2) is 4.79 Å². The van der Waals surface area contributed by atoms with Gasteiger partial charge in [0, 0.05) is 18.7 Å². The highest BCUT2D eigenvalue weighted by atomic mass is 16.5. The van der Waals surface area contributed by atoms with E-state index in [0.29, 0.717) is 6.54 Å². The van der Waals surface area contributed by atoms with E-state index in [1.54, 1.807) is 11.1 Å². The van der Waals surface area contributed by atoms with Crippen molar-refractivity contribution in [1.82, 2.24) is 4.90 Å². The quantitative estimate of drug-likeness (QED) is 0.778. The molecule has 3 nitrogen and oxygen atoms in total. The maximum absolute atomic E-state index is 11.5. The van der Waals surface area contributed by atoms with E-state index in [2.05, 4.69) is 30.3 Å². The number of nitrogens with zero attached hydrogens (tertiary/aromatic N) is 1. The van der Waals surface area contributed by atoms with Crippen molar-refractivity contribution >= 4 is 16.9 Å². The molecule has 0 saturated heterocycles. The number of amides is 1. The lowest BCUT2D eigenvalue weighted by atomic mass is 9.97. The van der Waals surface area contributed by atoms with Crippen LogP contribution in [0.1, 0.15) is 11.5 Å². The Kier molecular flexibility index (Phi) is 2.95. The number of carbonyl (C=O) groups is 1. The summed E-state index contributed by atoms with van der Waals surface area (Å²) in [5, 5.41) is 2.46. The van der Waals surface area contributed by atoms with Crippen molar-refractivity contribution in [3.05, 3.63) is 60.3 Å². The molecule has 0 spiro atoms. The van der Waals surface area contributed by atoms with Crippen LogP contribution in [0, 0.1) is 0 Å². The Morgan fingerprint density at radius 1 is 1.21 bits per heavy atom. The molecule has 1 amide bonds. The van der Waals surface area contributed by atoms with Crippen LogP contribution in [0.5, 0.6) is 0 Å². The topological polar surface area (TPSA) is 29.5 Å². The SMILES string of the molecule is COC(=O)N1C=CC(c2ccc3ccccc3c2)C1. The molecule has 0 aliphatic carbocycles. The minimum Gasteiger partial charge on any atom is -0.452 e. The number of methoxy groups -OCH3 is 1. The smallest absolute Gasteiger partial charge is 0.413 e. The highest BCUT2D eigenvalue weighted by molar-refractivity contribution is 5.83. The number of hydrogen-bond donors (Lipinski definition) is 0. The first-order chi connectivity index (χ1) is 9.28. The molecule has 1 heterocycles. The van der Waals surface area contributed by atoms with Crippen LogP contribution in [0.3, 0.4) is 0 Å². The lowest BCUT2D eigenvalue weighted by Crippen LogP contribution is -2.25. The fourth-order valence-corrected chi connectivity index (χ4v) is 2.45. The van der Waals surface area contributed by atoms with Gasteiger partial charge < -0.3 is 4.74 Å². The first-order valence-corrected chi connectivity index (χ1v) is 6.29. The zero-order valence-corrected chi connectivity index (χ0v) is 10.7. The molecule has 0 N–H and O–H groups in total. The molecular weight excluding hydrogens is 238 g/mol. The second-order valence-electron chi connectivity index (χ2n) is 4.68. The van der Waals surface area contributed by atoms with Crippen LogP contribution in [-0.4, -0.2) is 24.6 Å². The number of rotatable bonds is 1. The fourth-order valence-electron chi connectivity index (χ4n) is 2.45. The summed E-state index contributed by atoms with van der Waals surface area (Å²) in [6.07, 6.45) is 3.53. The van der Waals surface area contributed by atoms with Gasteiger partial charge >= 0.3 is 6.09 Å². The largest absolute Gasteiger partial charge is 0.452 e. The molecule has 3 rings (SSSR count). The van der Waals surface area contributed by atoms with Gasteiger partial charge in [0.25, 0.3) is 0 Å². The van der Waals surface area contributed by atoms with Crippen molar-refractivity contribution in [3.63, 3.8) is 0 Å². The molecule has 2 aromatic rings. The molecule has 0 radical (unpaired) electrons. The van der Waals surface area contributed by atoms with E-state index in [0.717, 1.165) is 0 Å². The highest BCUT2D eigenvalue weighted by Crippen LogP contribution is 2.27. The van der Waals surface area contributed by atoms with Crippen LogP contribution in [0.2, 0.25) is 0 Å². The van der Waals surface area contributed by atoms with Crippen molar-refractivity contribution in [2.45, 2.75) is 5.92 Å². The predicted molar refractivity (Wildman–Crippen MR) is 74.9 cm³/mol. The Bertz CT molecular complexity index is 648. The monoisotopic (exact) mass is 253 g/mol. The first-order valence-electron chi connectivity index (χ1n) is 6.29. The fraction of sp³-hybridized carbons (Fsp3) is 0.188. The summed E-state index contributed by atoms with van der Waals surface area (Å²) in [4.78, 5) is 13.1. The van der Waals surface area contributed by atoms with E-state index in [9.17, 15) is 4.79 Å². The standard InChI is InChI=1S/C16H15NO2/c1-19-16(18)17-9-8-15(11-17)14-7-6-12-4-2-3-5-13(12)10-14/h2-10,15H,11H2,1H3. The third-order valence-corrected chi connectivity index (χ3v) is 3.50. The molecule has 1 aliphatic heterocycles. The van der Waals surface area contributed by atoms with Gasteiger partial charge in [-0.1, -0.05) is 48.5 Å². The molecular formula is C16H15NO2. The molecule has 19 heavy (non-hydrogen) atoms. The predicted octanol–water partition coefficient (Wildman–Crippen LogP) is 3.52. The molecule has 0 bridgehead atoms. The third kappa shape index (κ3) is 2.19. The number of benzene rings is 2. The summed E-state index contributed by atoms with van der Waals surface area (Å²) < 4.78 is 4.72. The summed E-state index contributed by atoms with van der Waals surface area (Å²) in [7, 11) is 1.40. The summed E-state index contributed by atoms with van der Waals surface area (Å²) in [6, 6.07) is 14.7. The first kappa shape index (κ1) is 11.8. The third-order valence-electron chi connectivity index (χ3n) is 3.50. The lowest BCUT2D eigenvalue weighted by molar-refractivity contribution is 0.142. The summed E-state index contributed by atoms with van der Waals surface area (Å²) >= 11 is 0.